The van der Waals surface area contributed by atoms with Crippen molar-refractivity contribution in [2.24, 2.45) is 5.41 Å². The predicted octanol–water partition coefficient (Wildman–Crippen LogP) is 2.61. The molecular formula is C15H26N2O3. The Labute approximate surface area is 120 Å². The minimum absolute atomic E-state index is 0.0892. The first-order valence-corrected chi connectivity index (χ1v) is 7.71. The summed E-state index contributed by atoms with van der Waals surface area (Å²) in [5.74, 6) is -0.762. The zero-order valence-electron chi connectivity index (χ0n) is 12.6. The SMILES string of the molecule is CCCC1(C(=O)O)CCN(C(=O)NC2(C)CCCC2)C1. The number of hydrogen-bond acceptors (Lipinski definition) is 2. The van der Waals surface area contributed by atoms with Crippen LogP contribution in [0.1, 0.15) is 58.8 Å². The molecular weight excluding hydrogens is 256 g/mol. The zero-order chi connectivity index (χ0) is 14.8. The Morgan fingerprint density at radius 2 is 1.90 bits per heavy atom. The van der Waals surface area contributed by atoms with Crippen molar-refractivity contribution < 1.29 is 14.7 Å². The molecule has 2 fully saturated rings. The lowest BCUT2D eigenvalue weighted by molar-refractivity contribution is -0.148. The molecule has 1 unspecified atom stereocenters. The van der Waals surface area contributed by atoms with E-state index in [1.165, 1.54) is 0 Å². The van der Waals surface area contributed by atoms with Crippen LogP contribution in [0.5, 0.6) is 0 Å². The highest BCUT2D eigenvalue weighted by atomic mass is 16.4. The monoisotopic (exact) mass is 282 g/mol. The van der Waals surface area contributed by atoms with Crippen LogP contribution in [0, 0.1) is 5.41 Å². The Morgan fingerprint density at radius 3 is 2.45 bits per heavy atom. The third kappa shape index (κ3) is 2.91. The fraction of sp³-hybridized carbons (Fsp3) is 0.867. The van der Waals surface area contributed by atoms with E-state index in [2.05, 4.69) is 12.2 Å². The van der Waals surface area contributed by atoms with Gasteiger partial charge in [-0.3, -0.25) is 4.79 Å². The molecule has 0 aromatic carbocycles. The van der Waals surface area contributed by atoms with Gasteiger partial charge in [0.2, 0.25) is 0 Å². The van der Waals surface area contributed by atoms with Gasteiger partial charge in [-0.2, -0.15) is 0 Å². The quantitative estimate of drug-likeness (QED) is 0.832. The minimum Gasteiger partial charge on any atom is -0.481 e. The standard InChI is InChI=1S/C15H26N2O3/c1-3-6-15(12(18)19)9-10-17(11-15)13(20)16-14(2)7-4-5-8-14/h3-11H2,1-2H3,(H,16,20)(H,18,19). The van der Waals surface area contributed by atoms with Crippen molar-refractivity contribution in [1.29, 1.82) is 0 Å². The summed E-state index contributed by atoms with van der Waals surface area (Å²) in [6, 6.07) is -0.0892. The summed E-state index contributed by atoms with van der Waals surface area (Å²) >= 11 is 0. The summed E-state index contributed by atoms with van der Waals surface area (Å²) in [4.78, 5) is 25.6. The summed E-state index contributed by atoms with van der Waals surface area (Å²) in [6.45, 7) is 4.98. The first kappa shape index (κ1) is 15.1. The normalized spacial score (nSPS) is 28.6. The van der Waals surface area contributed by atoms with Crippen LogP contribution in [0.4, 0.5) is 4.79 Å². The molecule has 0 aromatic rings. The smallest absolute Gasteiger partial charge is 0.317 e. The summed E-state index contributed by atoms with van der Waals surface area (Å²) < 4.78 is 0. The number of carboxylic acid groups (broad SMARTS) is 1. The molecule has 0 spiro atoms. The number of carbonyl (C=O) groups excluding carboxylic acids is 1. The van der Waals surface area contributed by atoms with Gasteiger partial charge >= 0.3 is 12.0 Å². The first-order valence-electron chi connectivity index (χ1n) is 7.71. The van der Waals surface area contributed by atoms with Crippen molar-refractivity contribution in [3.8, 4) is 0 Å². The van der Waals surface area contributed by atoms with E-state index in [9.17, 15) is 14.7 Å². The first-order chi connectivity index (χ1) is 9.41. The molecule has 0 bridgehead atoms. The van der Waals surface area contributed by atoms with Gasteiger partial charge < -0.3 is 15.3 Å². The van der Waals surface area contributed by atoms with E-state index in [0.29, 0.717) is 25.9 Å². The average Bonchev–Trinajstić information content (AvgIpc) is 2.97. The van der Waals surface area contributed by atoms with Crippen molar-refractivity contribution in [2.45, 2.75) is 64.3 Å². The number of carbonyl (C=O) groups is 2. The molecule has 2 rings (SSSR count). The highest BCUT2D eigenvalue weighted by molar-refractivity contribution is 5.80. The number of nitrogens with one attached hydrogen (secondary N) is 1. The van der Waals surface area contributed by atoms with Crippen LogP contribution in [0.2, 0.25) is 0 Å². The van der Waals surface area contributed by atoms with Gasteiger partial charge in [-0.25, -0.2) is 4.79 Å². The Hall–Kier alpha value is -1.26. The van der Waals surface area contributed by atoms with E-state index in [1.807, 2.05) is 6.92 Å². The highest BCUT2D eigenvalue weighted by Gasteiger charge is 2.46. The van der Waals surface area contributed by atoms with Crippen LogP contribution in [0.25, 0.3) is 0 Å². The lowest BCUT2D eigenvalue weighted by Crippen LogP contribution is -2.50. The topological polar surface area (TPSA) is 69.6 Å². The predicted molar refractivity (Wildman–Crippen MR) is 76.6 cm³/mol. The average molecular weight is 282 g/mol. The van der Waals surface area contributed by atoms with Crippen LogP contribution >= 0.6 is 0 Å². The third-order valence-corrected chi connectivity index (χ3v) is 4.94. The number of rotatable bonds is 4. The highest BCUT2D eigenvalue weighted by Crippen LogP contribution is 2.36. The largest absolute Gasteiger partial charge is 0.481 e. The van der Waals surface area contributed by atoms with E-state index in [-0.39, 0.29) is 11.6 Å². The zero-order valence-corrected chi connectivity index (χ0v) is 12.6. The van der Waals surface area contributed by atoms with E-state index in [1.54, 1.807) is 4.90 Å². The Bertz CT molecular complexity index is 391. The lowest BCUT2D eigenvalue weighted by atomic mass is 9.83. The van der Waals surface area contributed by atoms with Crippen LogP contribution in [0.15, 0.2) is 0 Å². The molecule has 114 valence electrons. The number of amides is 2. The second-order valence-electron chi connectivity index (χ2n) is 6.70. The van der Waals surface area contributed by atoms with E-state index < -0.39 is 11.4 Å². The third-order valence-electron chi connectivity index (χ3n) is 4.94. The van der Waals surface area contributed by atoms with E-state index >= 15 is 0 Å². The molecule has 1 atom stereocenters. The fourth-order valence-corrected chi connectivity index (χ4v) is 3.63. The Morgan fingerprint density at radius 1 is 1.25 bits per heavy atom. The van der Waals surface area contributed by atoms with Crippen molar-refractivity contribution in [2.75, 3.05) is 13.1 Å². The fourth-order valence-electron chi connectivity index (χ4n) is 3.63. The molecule has 1 saturated carbocycles. The number of urea groups is 1. The maximum Gasteiger partial charge on any atom is 0.317 e. The van der Waals surface area contributed by atoms with Gasteiger partial charge in [0, 0.05) is 18.6 Å². The number of hydrogen-bond donors (Lipinski definition) is 2. The van der Waals surface area contributed by atoms with Crippen molar-refractivity contribution >= 4 is 12.0 Å². The van der Waals surface area contributed by atoms with Gasteiger partial charge in [0.25, 0.3) is 0 Å². The van der Waals surface area contributed by atoms with Crippen LogP contribution in [-0.2, 0) is 4.79 Å². The van der Waals surface area contributed by atoms with Crippen molar-refractivity contribution in [3.05, 3.63) is 0 Å². The molecule has 20 heavy (non-hydrogen) atoms. The molecule has 0 radical (unpaired) electrons. The van der Waals surface area contributed by atoms with Gasteiger partial charge in [0.05, 0.1) is 5.41 Å². The summed E-state index contributed by atoms with van der Waals surface area (Å²) in [7, 11) is 0. The minimum atomic E-state index is -0.762. The lowest BCUT2D eigenvalue weighted by Gasteiger charge is -2.30. The molecule has 2 aliphatic rings. The van der Waals surface area contributed by atoms with E-state index in [4.69, 9.17) is 0 Å². The van der Waals surface area contributed by atoms with E-state index in [0.717, 1.165) is 32.1 Å². The number of aliphatic carboxylic acids is 1. The molecule has 1 aliphatic heterocycles. The summed E-state index contributed by atoms with van der Waals surface area (Å²) in [5.41, 5.74) is -0.834. The maximum atomic E-state index is 12.3. The second-order valence-corrected chi connectivity index (χ2v) is 6.70. The number of likely N-dealkylation sites (tertiary alicyclic amines) is 1. The molecule has 5 heteroatoms. The Kier molecular flexibility index (Phi) is 4.25. The van der Waals surface area contributed by atoms with Gasteiger partial charge in [0.1, 0.15) is 0 Å². The molecule has 0 aromatic heterocycles. The molecule has 2 N–H and O–H groups in total. The molecule has 1 heterocycles. The summed E-state index contributed by atoms with van der Waals surface area (Å²) in [6.07, 6.45) is 6.40. The molecule has 2 amide bonds. The van der Waals surface area contributed by atoms with Crippen LogP contribution in [-0.4, -0.2) is 40.6 Å². The molecule has 1 saturated heterocycles. The van der Waals surface area contributed by atoms with Gasteiger partial charge in [-0.15, -0.1) is 0 Å². The molecule has 5 nitrogen and oxygen atoms in total. The van der Waals surface area contributed by atoms with Crippen molar-refractivity contribution in [3.63, 3.8) is 0 Å². The van der Waals surface area contributed by atoms with Crippen LogP contribution in [0.3, 0.4) is 0 Å². The number of nitrogens with zero attached hydrogens (tertiary/aromatic N) is 1. The van der Waals surface area contributed by atoms with Gasteiger partial charge in [-0.05, 0) is 32.6 Å². The maximum absolute atomic E-state index is 12.3. The second kappa shape index (κ2) is 5.62. The Balaban J connectivity index is 1.97. The van der Waals surface area contributed by atoms with Gasteiger partial charge in [0.15, 0.2) is 0 Å². The molecule has 1 aliphatic carbocycles. The number of carboxylic acids is 1. The summed E-state index contributed by atoms with van der Waals surface area (Å²) in [5, 5.41) is 12.6. The van der Waals surface area contributed by atoms with Crippen molar-refractivity contribution in [1.82, 2.24) is 10.2 Å². The van der Waals surface area contributed by atoms with Gasteiger partial charge in [-0.1, -0.05) is 26.2 Å². The van der Waals surface area contributed by atoms with Crippen LogP contribution < -0.4 is 5.32 Å².